The lowest BCUT2D eigenvalue weighted by Crippen LogP contribution is -2.32. The SMILES string of the molecule is CN(C)CCCN1C(=S)N[C@H](c2ccccn2)[C@H]1c1ccc(-c2cccc(C(=O)O)c2)o1. The molecule has 0 aliphatic carbocycles. The Hall–Kier alpha value is -3.23. The molecule has 1 fully saturated rings. The van der Waals surface area contributed by atoms with Crippen LogP contribution in [-0.2, 0) is 0 Å². The average Bonchev–Trinajstić information content (AvgIpc) is 3.39. The van der Waals surface area contributed by atoms with Crippen LogP contribution in [0.5, 0.6) is 0 Å². The van der Waals surface area contributed by atoms with E-state index >= 15 is 0 Å². The van der Waals surface area contributed by atoms with Crippen molar-refractivity contribution in [1.29, 1.82) is 0 Å². The number of thiocarbonyl (C=S) groups is 1. The van der Waals surface area contributed by atoms with E-state index < -0.39 is 5.97 Å². The van der Waals surface area contributed by atoms with Crippen LogP contribution in [0.2, 0.25) is 0 Å². The Morgan fingerprint density at radius 2 is 2.06 bits per heavy atom. The van der Waals surface area contributed by atoms with Crippen LogP contribution >= 0.6 is 12.2 Å². The van der Waals surface area contributed by atoms with Gasteiger partial charge in [-0.05, 0) is 75.7 Å². The van der Waals surface area contributed by atoms with E-state index in [1.54, 1.807) is 24.4 Å². The van der Waals surface area contributed by atoms with Gasteiger partial charge >= 0.3 is 5.97 Å². The van der Waals surface area contributed by atoms with E-state index in [0.29, 0.717) is 10.9 Å². The maximum absolute atomic E-state index is 11.4. The molecule has 1 saturated heterocycles. The monoisotopic (exact) mass is 450 g/mol. The summed E-state index contributed by atoms with van der Waals surface area (Å²) in [5.41, 5.74) is 1.83. The molecular formula is C24H26N4O3S. The van der Waals surface area contributed by atoms with E-state index in [9.17, 15) is 9.90 Å². The van der Waals surface area contributed by atoms with Gasteiger partial charge in [0.2, 0.25) is 0 Å². The second-order valence-corrected chi connectivity index (χ2v) is 8.45. The summed E-state index contributed by atoms with van der Waals surface area (Å²) >= 11 is 5.69. The highest BCUT2D eigenvalue weighted by Crippen LogP contribution is 2.40. The molecule has 0 radical (unpaired) electrons. The van der Waals surface area contributed by atoms with Gasteiger partial charge in [-0.25, -0.2) is 4.79 Å². The number of hydrogen-bond donors (Lipinski definition) is 2. The number of furan rings is 1. The molecular weight excluding hydrogens is 424 g/mol. The fourth-order valence-electron chi connectivity index (χ4n) is 3.98. The third-order valence-electron chi connectivity index (χ3n) is 5.51. The number of aromatic carboxylic acids is 1. The molecule has 2 aromatic heterocycles. The fraction of sp³-hybridized carbons (Fsp3) is 0.292. The molecule has 0 spiro atoms. The third-order valence-corrected chi connectivity index (χ3v) is 5.87. The molecule has 4 rings (SSSR count). The third kappa shape index (κ3) is 4.66. The first-order chi connectivity index (χ1) is 15.4. The summed E-state index contributed by atoms with van der Waals surface area (Å²) in [6.45, 7) is 1.73. The first kappa shape index (κ1) is 22.0. The summed E-state index contributed by atoms with van der Waals surface area (Å²) in [5, 5.41) is 13.4. The van der Waals surface area contributed by atoms with Gasteiger partial charge in [0.1, 0.15) is 17.6 Å². The summed E-state index contributed by atoms with van der Waals surface area (Å²) < 4.78 is 6.27. The molecule has 7 nitrogen and oxygen atoms in total. The van der Waals surface area contributed by atoms with E-state index in [-0.39, 0.29) is 17.6 Å². The van der Waals surface area contributed by atoms with Crippen molar-refractivity contribution in [2.45, 2.75) is 18.5 Å². The molecule has 1 aliphatic rings. The number of carboxylic acids is 1. The number of hydrogen-bond acceptors (Lipinski definition) is 5. The van der Waals surface area contributed by atoms with Crippen LogP contribution in [-0.4, -0.2) is 58.2 Å². The van der Waals surface area contributed by atoms with Crippen molar-refractivity contribution in [3.05, 3.63) is 77.8 Å². The van der Waals surface area contributed by atoms with Gasteiger partial charge in [-0.15, -0.1) is 0 Å². The van der Waals surface area contributed by atoms with Crippen LogP contribution in [0, 0.1) is 0 Å². The van der Waals surface area contributed by atoms with E-state index in [4.69, 9.17) is 16.6 Å². The van der Waals surface area contributed by atoms with Gasteiger partial charge in [-0.3, -0.25) is 4.98 Å². The van der Waals surface area contributed by atoms with Crippen LogP contribution in [0.25, 0.3) is 11.3 Å². The van der Waals surface area contributed by atoms with Gasteiger partial charge in [-0.1, -0.05) is 18.2 Å². The second kappa shape index (κ2) is 9.50. The highest BCUT2D eigenvalue weighted by molar-refractivity contribution is 7.80. The Bertz CT molecular complexity index is 1100. The van der Waals surface area contributed by atoms with Crippen molar-refractivity contribution >= 4 is 23.3 Å². The number of carboxylic acid groups (broad SMARTS) is 1. The number of benzene rings is 1. The van der Waals surface area contributed by atoms with Crippen LogP contribution in [0.3, 0.4) is 0 Å². The smallest absolute Gasteiger partial charge is 0.335 e. The number of pyridine rings is 1. The maximum Gasteiger partial charge on any atom is 0.335 e. The van der Waals surface area contributed by atoms with E-state index in [0.717, 1.165) is 36.5 Å². The van der Waals surface area contributed by atoms with Crippen LogP contribution in [0.15, 0.2) is 65.2 Å². The summed E-state index contributed by atoms with van der Waals surface area (Å²) in [7, 11) is 4.11. The van der Waals surface area contributed by atoms with Crippen molar-refractivity contribution < 1.29 is 14.3 Å². The van der Waals surface area contributed by atoms with Crippen LogP contribution < -0.4 is 5.32 Å². The van der Waals surface area contributed by atoms with Gasteiger partial charge in [0.15, 0.2) is 5.11 Å². The molecule has 3 aromatic rings. The summed E-state index contributed by atoms with van der Waals surface area (Å²) in [5.74, 6) is 0.411. The molecule has 2 atom stereocenters. The molecule has 3 heterocycles. The lowest BCUT2D eigenvalue weighted by atomic mass is 10.0. The Labute approximate surface area is 192 Å². The number of rotatable bonds is 8. The molecule has 32 heavy (non-hydrogen) atoms. The van der Waals surface area contributed by atoms with E-state index in [1.165, 1.54) is 0 Å². The van der Waals surface area contributed by atoms with Gasteiger partial charge in [-0.2, -0.15) is 0 Å². The van der Waals surface area contributed by atoms with E-state index in [1.807, 2.05) is 36.4 Å². The molecule has 0 saturated carbocycles. The largest absolute Gasteiger partial charge is 0.478 e. The minimum Gasteiger partial charge on any atom is -0.478 e. The normalized spacial score (nSPS) is 18.2. The predicted octanol–water partition coefficient (Wildman–Crippen LogP) is 3.96. The van der Waals surface area contributed by atoms with Crippen molar-refractivity contribution in [2.24, 2.45) is 0 Å². The van der Waals surface area contributed by atoms with Gasteiger partial charge in [0.25, 0.3) is 0 Å². The van der Waals surface area contributed by atoms with Gasteiger partial charge in [0.05, 0.1) is 17.3 Å². The molecule has 1 aliphatic heterocycles. The minimum absolute atomic E-state index is 0.146. The van der Waals surface area contributed by atoms with Gasteiger partial charge < -0.3 is 24.6 Å². The van der Waals surface area contributed by atoms with Crippen molar-refractivity contribution in [3.63, 3.8) is 0 Å². The van der Waals surface area contributed by atoms with Crippen molar-refractivity contribution in [1.82, 2.24) is 20.1 Å². The lowest BCUT2D eigenvalue weighted by Gasteiger charge is -2.26. The highest BCUT2D eigenvalue weighted by Gasteiger charge is 2.41. The number of nitrogens with zero attached hydrogens (tertiary/aromatic N) is 3. The predicted molar refractivity (Wildman–Crippen MR) is 126 cm³/mol. The maximum atomic E-state index is 11.4. The van der Waals surface area contributed by atoms with Crippen LogP contribution in [0.4, 0.5) is 0 Å². The highest BCUT2D eigenvalue weighted by atomic mass is 32.1. The lowest BCUT2D eigenvalue weighted by molar-refractivity contribution is 0.0697. The zero-order valence-electron chi connectivity index (χ0n) is 18.1. The quantitative estimate of drug-likeness (QED) is 0.499. The molecule has 0 amide bonds. The van der Waals surface area contributed by atoms with Gasteiger partial charge in [0, 0.05) is 18.3 Å². The van der Waals surface area contributed by atoms with E-state index in [2.05, 4.69) is 34.2 Å². The summed E-state index contributed by atoms with van der Waals surface area (Å²) in [6, 6.07) is 16.1. The molecule has 8 heteroatoms. The number of aromatic nitrogens is 1. The van der Waals surface area contributed by atoms with Crippen LogP contribution in [0.1, 0.15) is 40.3 Å². The summed E-state index contributed by atoms with van der Waals surface area (Å²) in [6.07, 6.45) is 2.73. The Balaban J connectivity index is 1.67. The minimum atomic E-state index is -0.966. The zero-order chi connectivity index (χ0) is 22.7. The molecule has 2 N–H and O–H groups in total. The fourth-order valence-corrected chi connectivity index (χ4v) is 4.32. The zero-order valence-corrected chi connectivity index (χ0v) is 18.9. The standard InChI is InChI=1S/C24H26N4O3S/c1-27(2)13-6-14-28-22(21(26-24(28)32)18-9-3-4-12-25-18)20-11-10-19(31-20)16-7-5-8-17(15-16)23(29)30/h3-5,7-12,15,21-22H,6,13-14H2,1-2H3,(H,26,32)(H,29,30)/t21-,22-/m1/s1. The topological polar surface area (TPSA) is 81.8 Å². The Morgan fingerprint density at radius 3 is 2.78 bits per heavy atom. The molecule has 0 bridgehead atoms. The Kier molecular flexibility index (Phi) is 6.53. The molecule has 166 valence electrons. The van der Waals surface area contributed by atoms with Crippen molar-refractivity contribution in [2.75, 3.05) is 27.2 Å². The first-order valence-corrected chi connectivity index (χ1v) is 10.9. The first-order valence-electron chi connectivity index (χ1n) is 10.5. The average molecular weight is 451 g/mol. The number of carbonyl (C=O) groups is 1. The molecule has 0 unspecified atom stereocenters. The second-order valence-electron chi connectivity index (χ2n) is 8.06. The number of nitrogens with one attached hydrogen (secondary N) is 1. The van der Waals surface area contributed by atoms with Crippen molar-refractivity contribution in [3.8, 4) is 11.3 Å². The molecule has 1 aromatic carbocycles. The summed E-state index contributed by atoms with van der Waals surface area (Å²) in [4.78, 5) is 20.2. The Morgan fingerprint density at radius 1 is 1.22 bits per heavy atom.